The van der Waals surface area contributed by atoms with Crippen molar-refractivity contribution in [1.82, 2.24) is 5.32 Å². The summed E-state index contributed by atoms with van der Waals surface area (Å²) in [6.07, 6.45) is -4.51. The van der Waals surface area contributed by atoms with Gasteiger partial charge in [-0.3, -0.25) is 14.4 Å². The molecule has 154 valence electrons. The topological polar surface area (TPSA) is 93.7 Å². The zero-order chi connectivity index (χ0) is 21.4. The number of ether oxygens (including phenoxy) is 2. The molecule has 0 radical (unpaired) electrons. The maximum Gasteiger partial charge on any atom is 0.416 e. The average Bonchev–Trinajstić information content (AvgIpc) is 2.70. The first kappa shape index (κ1) is 21.7. The van der Waals surface area contributed by atoms with E-state index in [1.165, 1.54) is 7.11 Å². The van der Waals surface area contributed by atoms with Crippen LogP contribution in [0.25, 0.3) is 0 Å². The second kappa shape index (κ2) is 9.58. The summed E-state index contributed by atoms with van der Waals surface area (Å²) in [6, 6.07) is 9.98. The zero-order valence-electron chi connectivity index (χ0n) is 15.2. The minimum atomic E-state index is -4.51. The highest BCUT2D eigenvalue weighted by molar-refractivity contribution is 5.96. The first-order chi connectivity index (χ1) is 13.7. The van der Waals surface area contributed by atoms with Crippen LogP contribution in [0.15, 0.2) is 48.5 Å². The lowest BCUT2D eigenvalue weighted by molar-refractivity contribution is -0.146. The van der Waals surface area contributed by atoms with Gasteiger partial charge in [0.05, 0.1) is 12.7 Å². The lowest BCUT2D eigenvalue weighted by Crippen LogP contribution is -2.32. The van der Waals surface area contributed by atoms with Crippen molar-refractivity contribution in [3.05, 3.63) is 59.7 Å². The molecule has 2 N–H and O–H groups in total. The smallest absolute Gasteiger partial charge is 0.416 e. The van der Waals surface area contributed by atoms with E-state index in [9.17, 15) is 27.6 Å². The molecule has 0 aliphatic heterocycles. The molecular weight excluding hydrogens is 393 g/mol. The van der Waals surface area contributed by atoms with E-state index in [0.29, 0.717) is 11.4 Å². The van der Waals surface area contributed by atoms with Gasteiger partial charge in [0.25, 0.3) is 11.8 Å². The quantitative estimate of drug-likeness (QED) is 0.685. The van der Waals surface area contributed by atoms with E-state index in [1.54, 1.807) is 24.3 Å². The van der Waals surface area contributed by atoms with Gasteiger partial charge in [0.1, 0.15) is 12.3 Å². The summed E-state index contributed by atoms with van der Waals surface area (Å²) in [5, 5.41) is 4.71. The Kier molecular flexibility index (Phi) is 7.18. The number of carbonyl (C=O) groups excluding carboxylic acids is 3. The number of esters is 1. The molecule has 0 heterocycles. The lowest BCUT2D eigenvalue weighted by atomic mass is 10.1. The number of alkyl halides is 3. The van der Waals surface area contributed by atoms with Crippen LogP contribution in [0.4, 0.5) is 18.9 Å². The minimum absolute atomic E-state index is 0.0527. The van der Waals surface area contributed by atoms with Crippen molar-refractivity contribution in [1.29, 1.82) is 0 Å². The Bertz CT molecular complexity index is 865. The number of methoxy groups -OCH3 is 1. The molecule has 7 nitrogen and oxygen atoms in total. The van der Waals surface area contributed by atoms with Crippen LogP contribution in [-0.2, 0) is 20.5 Å². The Morgan fingerprint density at radius 1 is 0.966 bits per heavy atom. The van der Waals surface area contributed by atoms with Gasteiger partial charge in [-0.1, -0.05) is 0 Å². The summed E-state index contributed by atoms with van der Waals surface area (Å²) in [7, 11) is 1.50. The number of benzene rings is 2. The number of rotatable bonds is 7. The molecule has 0 bridgehead atoms. The van der Waals surface area contributed by atoms with Crippen LogP contribution in [0, 0.1) is 0 Å². The van der Waals surface area contributed by atoms with E-state index in [0.717, 1.165) is 24.3 Å². The van der Waals surface area contributed by atoms with Crippen LogP contribution in [0.1, 0.15) is 15.9 Å². The highest BCUT2D eigenvalue weighted by Gasteiger charge is 2.30. The third-order valence-electron chi connectivity index (χ3n) is 3.61. The van der Waals surface area contributed by atoms with Crippen molar-refractivity contribution in [2.45, 2.75) is 6.18 Å². The lowest BCUT2D eigenvalue weighted by Gasteiger charge is -2.09. The summed E-state index contributed by atoms with van der Waals surface area (Å²) < 4.78 is 47.2. The van der Waals surface area contributed by atoms with Gasteiger partial charge in [-0.05, 0) is 48.5 Å². The first-order valence-corrected chi connectivity index (χ1v) is 8.24. The van der Waals surface area contributed by atoms with E-state index in [2.05, 4.69) is 10.6 Å². The Morgan fingerprint density at radius 3 is 2.14 bits per heavy atom. The molecule has 29 heavy (non-hydrogen) atoms. The molecular formula is C19H17F3N2O5. The first-order valence-electron chi connectivity index (χ1n) is 8.24. The van der Waals surface area contributed by atoms with E-state index in [4.69, 9.17) is 9.47 Å². The van der Waals surface area contributed by atoms with Crippen molar-refractivity contribution in [2.24, 2.45) is 0 Å². The van der Waals surface area contributed by atoms with E-state index >= 15 is 0 Å². The second-order valence-corrected chi connectivity index (χ2v) is 5.70. The molecule has 0 unspecified atom stereocenters. The average molecular weight is 410 g/mol. The second-order valence-electron chi connectivity index (χ2n) is 5.70. The fraction of sp³-hybridized carbons (Fsp3) is 0.211. The fourth-order valence-electron chi connectivity index (χ4n) is 2.13. The zero-order valence-corrected chi connectivity index (χ0v) is 15.2. The van der Waals surface area contributed by atoms with Gasteiger partial charge in [-0.25, -0.2) is 0 Å². The van der Waals surface area contributed by atoms with Gasteiger partial charge in [-0.15, -0.1) is 0 Å². The van der Waals surface area contributed by atoms with Crippen LogP contribution < -0.4 is 15.4 Å². The predicted molar refractivity (Wildman–Crippen MR) is 96.4 cm³/mol. The van der Waals surface area contributed by atoms with Crippen LogP contribution in [0.2, 0.25) is 0 Å². The van der Waals surface area contributed by atoms with Crippen molar-refractivity contribution in [3.63, 3.8) is 0 Å². The maximum absolute atomic E-state index is 12.5. The van der Waals surface area contributed by atoms with Crippen molar-refractivity contribution in [2.75, 3.05) is 25.6 Å². The largest absolute Gasteiger partial charge is 0.497 e. The van der Waals surface area contributed by atoms with Crippen molar-refractivity contribution in [3.8, 4) is 5.75 Å². The fourth-order valence-corrected chi connectivity index (χ4v) is 2.13. The summed E-state index contributed by atoms with van der Waals surface area (Å²) in [5.74, 6) is -1.61. The normalized spacial score (nSPS) is 10.8. The van der Waals surface area contributed by atoms with Gasteiger partial charge in [0.2, 0.25) is 0 Å². The van der Waals surface area contributed by atoms with Gasteiger partial charge < -0.3 is 20.1 Å². The number of halogens is 3. The van der Waals surface area contributed by atoms with Crippen LogP contribution in [0.3, 0.4) is 0 Å². The van der Waals surface area contributed by atoms with Gasteiger partial charge >= 0.3 is 12.1 Å². The maximum atomic E-state index is 12.5. The molecule has 0 aliphatic carbocycles. The summed E-state index contributed by atoms with van der Waals surface area (Å²) in [6.45, 7) is -1.11. The summed E-state index contributed by atoms with van der Waals surface area (Å²) >= 11 is 0. The third-order valence-corrected chi connectivity index (χ3v) is 3.61. The molecule has 0 aromatic heterocycles. The van der Waals surface area contributed by atoms with E-state index in [-0.39, 0.29) is 5.56 Å². The highest BCUT2D eigenvalue weighted by atomic mass is 19.4. The number of amides is 2. The monoisotopic (exact) mass is 410 g/mol. The number of hydrogen-bond acceptors (Lipinski definition) is 5. The van der Waals surface area contributed by atoms with Crippen molar-refractivity contribution >= 4 is 23.5 Å². The van der Waals surface area contributed by atoms with E-state index in [1.807, 2.05) is 0 Å². The van der Waals surface area contributed by atoms with Crippen LogP contribution in [0.5, 0.6) is 5.75 Å². The highest BCUT2D eigenvalue weighted by Crippen LogP contribution is 2.29. The molecule has 0 saturated carbocycles. The SMILES string of the molecule is COc1ccc(NC(=O)COC(=O)CNC(=O)c2ccc(C(F)(F)F)cc2)cc1. The number of anilines is 1. The molecule has 10 heteroatoms. The van der Waals surface area contributed by atoms with Gasteiger partial charge in [-0.2, -0.15) is 13.2 Å². The van der Waals surface area contributed by atoms with Crippen LogP contribution >= 0.6 is 0 Å². The third kappa shape index (κ3) is 6.83. The Balaban J connectivity index is 1.74. The van der Waals surface area contributed by atoms with E-state index < -0.39 is 42.7 Å². The molecule has 2 amide bonds. The van der Waals surface area contributed by atoms with Crippen molar-refractivity contribution < 1.29 is 37.0 Å². The molecule has 0 spiro atoms. The molecule has 0 saturated heterocycles. The Morgan fingerprint density at radius 2 is 1.59 bits per heavy atom. The van der Waals surface area contributed by atoms with Gasteiger partial charge in [0, 0.05) is 11.3 Å². The molecule has 0 atom stereocenters. The summed E-state index contributed by atoms with van der Waals surface area (Å²) in [5.41, 5.74) is -0.471. The standard InChI is InChI=1S/C19H17F3N2O5/c1-28-15-8-6-14(7-9-15)24-16(25)11-29-17(26)10-23-18(27)12-2-4-13(5-3-12)19(20,21)22/h2-9H,10-11H2,1H3,(H,23,27)(H,24,25). The minimum Gasteiger partial charge on any atom is -0.497 e. The molecule has 2 aromatic carbocycles. The predicted octanol–water partition coefficient (Wildman–Crippen LogP) is 2.63. The number of carbonyl (C=O) groups is 3. The molecule has 0 aliphatic rings. The number of hydrogen-bond donors (Lipinski definition) is 2. The summed E-state index contributed by atoms with van der Waals surface area (Å²) in [4.78, 5) is 35.2. The molecule has 2 rings (SSSR count). The van der Waals surface area contributed by atoms with Crippen LogP contribution in [-0.4, -0.2) is 38.0 Å². The Labute approximate surface area is 163 Å². The Hall–Kier alpha value is -3.56. The molecule has 2 aromatic rings. The molecule has 0 fully saturated rings. The number of nitrogens with one attached hydrogen (secondary N) is 2. The van der Waals surface area contributed by atoms with Gasteiger partial charge in [0.15, 0.2) is 6.61 Å².